The number of hydrogen-bond donors (Lipinski definition) is 1. The summed E-state index contributed by atoms with van der Waals surface area (Å²) in [6.07, 6.45) is 2.44. The molecule has 0 saturated heterocycles. The van der Waals surface area contributed by atoms with Gasteiger partial charge < -0.3 is 9.84 Å². The highest BCUT2D eigenvalue weighted by atomic mass is 16.5. The number of benzene rings is 1. The molecule has 0 heterocycles. The lowest BCUT2D eigenvalue weighted by atomic mass is 10.1. The van der Waals surface area contributed by atoms with Crippen molar-refractivity contribution in [2.24, 2.45) is 0 Å². The summed E-state index contributed by atoms with van der Waals surface area (Å²) in [5, 5.41) is 9.60. The Labute approximate surface area is 98.3 Å². The molecule has 0 fully saturated rings. The van der Waals surface area contributed by atoms with Crippen molar-refractivity contribution in [3.05, 3.63) is 29.8 Å². The Balaban J connectivity index is 2.54. The number of aliphatic hydroxyl groups is 1. The van der Waals surface area contributed by atoms with E-state index in [9.17, 15) is 5.11 Å². The molecule has 0 aliphatic heterocycles. The summed E-state index contributed by atoms with van der Waals surface area (Å²) in [7, 11) is 0. The molecule has 1 rings (SSSR count). The molecule has 1 aromatic rings. The van der Waals surface area contributed by atoms with Crippen molar-refractivity contribution in [1.82, 2.24) is 0 Å². The highest BCUT2D eigenvalue weighted by Crippen LogP contribution is 2.16. The van der Waals surface area contributed by atoms with Crippen LogP contribution < -0.4 is 4.74 Å². The summed E-state index contributed by atoms with van der Waals surface area (Å²) in [6, 6.07) is 8.13. The van der Waals surface area contributed by atoms with Crippen molar-refractivity contribution >= 4 is 0 Å². The Morgan fingerprint density at radius 3 is 2.31 bits per heavy atom. The number of aliphatic hydroxyl groups excluding tert-OH is 1. The third kappa shape index (κ3) is 3.86. The zero-order chi connectivity index (χ0) is 12.0. The van der Waals surface area contributed by atoms with Crippen LogP contribution in [0.25, 0.3) is 0 Å². The highest BCUT2D eigenvalue weighted by molar-refractivity contribution is 5.27. The van der Waals surface area contributed by atoms with Crippen LogP contribution in [0.3, 0.4) is 0 Å². The van der Waals surface area contributed by atoms with Gasteiger partial charge in [-0.1, -0.05) is 32.4 Å². The summed E-state index contributed by atoms with van der Waals surface area (Å²) < 4.78 is 5.65. The first-order chi connectivity index (χ1) is 7.67. The molecule has 2 heteroatoms. The van der Waals surface area contributed by atoms with Gasteiger partial charge in [0.25, 0.3) is 0 Å². The quantitative estimate of drug-likeness (QED) is 0.801. The van der Waals surface area contributed by atoms with Gasteiger partial charge in [0.05, 0.1) is 6.10 Å². The van der Waals surface area contributed by atoms with Crippen molar-refractivity contribution in [2.45, 2.75) is 52.2 Å². The van der Waals surface area contributed by atoms with E-state index in [2.05, 4.69) is 19.1 Å². The van der Waals surface area contributed by atoms with E-state index in [1.54, 1.807) is 0 Å². The Morgan fingerprint density at radius 1 is 1.19 bits per heavy atom. The fraction of sp³-hybridized carbons (Fsp3) is 0.571. The molecule has 2 nitrogen and oxygen atoms in total. The number of aryl methyl sites for hydroxylation is 1. The van der Waals surface area contributed by atoms with Crippen LogP contribution in [0, 0.1) is 0 Å². The van der Waals surface area contributed by atoms with Gasteiger partial charge in [-0.15, -0.1) is 0 Å². The van der Waals surface area contributed by atoms with Gasteiger partial charge in [-0.2, -0.15) is 0 Å². The summed E-state index contributed by atoms with van der Waals surface area (Å²) in [5.74, 6) is 0.833. The maximum Gasteiger partial charge on any atom is 0.122 e. The van der Waals surface area contributed by atoms with Gasteiger partial charge in [-0.25, -0.2) is 0 Å². The Morgan fingerprint density at radius 2 is 1.81 bits per heavy atom. The standard InChI is InChI=1S/C14H22O2/c1-4-6-12-7-9-13(10-8-12)16-11(3)14(15)5-2/h7-11,14-15H,4-6H2,1-3H3. The summed E-state index contributed by atoms with van der Waals surface area (Å²) in [5.41, 5.74) is 1.33. The molecule has 1 N–H and O–H groups in total. The van der Waals surface area contributed by atoms with E-state index in [0.29, 0.717) is 0 Å². The molecule has 1 aromatic carbocycles. The number of hydrogen-bond acceptors (Lipinski definition) is 2. The summed E-state index contributed by atoms with van der Waals surface area (Å²) >= 11 is 0. The second-order valence-corrected chi connectivity index (χ2v) is 4.19. The number of rotatable bonds is 6. The third-order valence-corrected chi connectivity index (χ3v) is 2.74. The first-order valence-corrected chi connectivity index (χ1v) is 6.11. The molecular weight excluding hydrogens is 200 g/mol. The minimum Gasteiger partial charge on any atom is -0.488 e. The molecule has 16 heavy (non-hydrogen) atoms. The summed E-state index contributed by atoms with van der Waals surface area (Å²) in [4.78, 5) is 0. The van der Waals surface area contributed by atoms with Gasteiger partial charge in [0.1, 0.15) is 11.9 Å². The summed E-state index contributed by atoms with van der Waals surface area (Å²) in [6.45, 7) is 6.02. The number of ether oxygens (including phenoxy) is 1. The van der Waals surface area contributed by atoms with E-state index >= 15 is 0 Å². The SMILES string of the molecule is CCCc1ccc(OC(C)C(O)CC)cc1. The lowest BCUT2D eigenvalue weighted by Gasteiger charge is -2.19. The van der Waals surface area contributed by atoms with E-state index < -0.39 is 6.10 Å². The molecule has 0 aliphatic carbocycles. The van der Waals surface area contributed by atoms with E-state index in [-0.39, 0.29) is 6.10 Å². The van der Waals surface area contributed by atoms with Gasteiger partial charge in [0, 0.05) is 0 Å². The Kier molecular flexibility index (Phi) is 5.33. The van der Waals surface area contributed by atoms with E-state index in [4.69, 9.17) is 4.74 Å². The van der Waals surface area contributed by atoms with Gasteiger partial charge >= 0.3 is 0 Å². The van der Waals surface area contributed by atoms with Crippen LogP contribution in [-0.4, -0.2) is 17.3 Å². The maximum absolute atomic E-state index is 9.60. The van der Waals surface area contributed by atoms with Crippen molar-refractivity contribution in [3.63, 3.8) is 0 Å². The van der Waals surface area contributed by atoms with Crippen LogP contribution in [-0.2, 0) is 6.42 Å². The predicted octanol–water partition coefficient (Wildman–Crippen LogP) is 3.18. The molecule has 2 unspecified atom stereocenters. The van der Waals surface area contributed by atoms with Crippen LogP contribution in [0.4, 0.5) is 0 Å². The zero-order valence-corrected chi connectivity index (χ0v) is 10.4. The third-order valence-electron chi connectivity index (χ3n) is 2.74. The first kappa shape index (κ1) is 13.0. The fourth-order valence-corrected chi connectivity index (χ4v) is 1.65. The first-order valence-electron chi connectivity index (χ1n) is 6.11. The van der Waals surface area contributed by atoms with Crippen LogP contribution in [0.5, 0.6) is 5.75 Å². The average molecular weight is 222 g/mol. The molecule has 90 valence electrons. The Bertz CT molecular complexity index is 292. The van der Waals surface area contributed by atoms with E-state index in [1.807, 2.05) is 26.0 Å². The minimum absolute atomic E-state index is 0.151. The molecule has 0 aromatic heterocycles. The van der Waals surface area contributed by atoms with Gasteiger partial charge in [0.15, 0.2) is 0 Å². The normalized spacial score (nSPS) is 14.5. The molecule has 0 bridgehead atoms. The van der Waals surface area contributed by atoms with E-state index in [1.165, 1.54) is 5.56 Å². The molecule has 0 saturated carbocycles. The smallest absolute Gasteiger partial charge is 0.122 e. The molecule has 0 radical (unpaired) electrons. The maximum atomic E-state index is 9.60. The zero-order valence-electron chi connectivity index (χ0n) is 10.4. The van der Waals surface area contributed by atoms with Gasteiger partial charge in [-0.3, -0.25) is 0 Å². The predicted molar refractivity (Wildman–Crippen MR) is 66.8 cm³/mol. The molecular formula is C14H22O2. The lowest BCUT2D eigenvalue weighted by molar-refractivity contribution is 0.0451. The Hall–Kier alpha value is -1.02. The minimum atomic E-state index is -0.393. The monoisotopic (exact) mass is 222 g/mol. The lowest BCUT2D eigenvalue weighted by Crippen LogP contribution is -2.27. The second kappa shape index (κ2) is 6.54. The fourth-order valence-electron chi connectivity index (χ4n) is 1.65. The largest absolute Gasteiger partial charge is 0.488 e. The second-order valence-electron chi connectivity index (χ2n) is 4.19. The topological polar surface area (TPSA) is 29.5 Å². The molecule has 0 spiro atoms. The highest BCUT2D eigenvalue weighted by Gasteiger charge is 2.13. The van der Waals surface area contributed by atoms with Crippen LogP contribution in [0.1, 0.15) is 39.2 Å². The van der Waals surface area contributed by atoms with Crippen molar-refractivity contribution in [1.29, 1.82) is 0 Å². The van der Waals surface area contributed by atoms with Gasteiger partial charge in [0.2, 0.25) is 0 Å². The average Bonchev–Trinajstić information content (AvgIpc) is 2.31. The van der Waals surface area contributed by atoms with Crippen LogP contribution in [0.15, 0.2) is 24.3 Å². The van der Waals surface area contributed by atoms with Crippen LogP contribution in [0.2, 0.25) is 0 Å². The van der Waals surface area contributed by atoms with Crippen molar-refractivity contribution in [3.8, 4) is 5.75 Å². The molecule has 0 amide bonds. The molecule has 2 atom stereocenters. The van der Waals surface area contributed by atoms with Crippen molar-refractivity contribution < 1.29 is 9.84 Å². The van der Waals surface area contributed by atoms with E-state index in [0.717, 1.165) is 25.0 Å². The van der Waals surface area contributed by atoms with Gasteiger partial charge in [-0.05, 0) is 37.5 Å². The van der Waals surface area contributed by atoms with Crippen LogP contribution >= 0.6 is 0 Å². The molecule has 0 aliphatic rings. The van der Waals surface area contributed by atoms with Crippen molar-refractivity contribution in [2.75, 3.05) is 0 Å².